The van der Waals surface area contributed by atoms with Crippen LogP contribution in [0.3, 0.4) is 0 Å². The Bertz CT molecular complexity index is 347. The van der Waals surface area contributed by atoms with Crippen LogP contribution in [0.5, 0.6) is 0 Å². The first-order chi connectivity index (χ1) is 8.19. The Balaban J connectivity index is 3.11. The van der Waals surface area contributed by atoms with E-state index in [2.05, 4.69) is 18.9 Å². The number of methoxy groups -OCH3 is 1. The number of rotatable bonds is 7. The predicted octanol–water partition coefficient (Wildman–Crippen LogP) is 2.10. The van der Waals surface area contributed by atoms with Crippen molar-refractivity contribution < 1.29 is 9.84 Å². The second-order valence-electron chi connectivity index (χ2n) is 4.15. The Kier molecular flexibility index (Phi) is 5.65. The molecular weight excluding hydrogens is 216 g/mol. The highest BCUT2D eigenvalue weighted by Gasteiger charge is 2.20. The molecule has 1 aromatic rings. The Morgan fingerprint density at radius 2 is 2.00 bits per heavy atom. The highest BCUT2D eigenvalue weighted by atomic mass is 16.5. The third-order valence-electron chi connectivity index (χ3n) is 3.07. The smallest absolute Gasteiger partial charge is 0.0823 e. The van der Waals surface area contributed by atoms with Crippen molar-refractivity contribution in [2.24, 2.45) is 0 Å². The summed E-state index contributed by atoms with van der Waals surface area (Å²) in [5, 5.41) is 14.7. The Morgan fingerprint density at radius 3 is 2.47 bits per heavy atom. The van der Waals surface area contributed by atoms with E-state index in [0.717, 1.165) is 42.8 Å². The molecule has 0 aromatic carbocycles. The van der Waals surface area contributed by atoms with Crippen LogP contribution in [0.15, 0.2) is 0 Å². The number of hydrogen-bond donors (Lipinski definition) is 1. The quantitative estimate of drug-likeness (QED) is 0.794. The molecule has 0 aliphatic rings. The molecule has 17 heavy (non-hydrogen) atoms. The van der Waals surface area contributed by atoms with Gasteiger partial charge in [0, 0.05) is 18.4 Å². The van der Waals surface area contributed by atoms with Gasteiger partial charge in [0.05, 0.1) is 24.9 Å². The van der Waals surface area contributed by atoms with Crippen molar-refractivity contribution in [1.82, 2.24) is 9.78 Å². The lowest BCUT2D eigenvalue weighted by molar-refractivity contribution is 0.170. The Hall–Kier alpha value is -0.870. The van der Waals surface area contributed by atoms with Gasteiger partial charge in [0.25, 0.3) is 0 Å². The molecule has 98 valence electrons. The first-order valence-electron chi connectivity index (χ1n) is 6.44. The number of nitrogens with zero attached hydrogens (tertiary/aromatic N) is 2. The Morgan fingerprint density at radius 1 is 1.29 bits per heavy atom. The third-order valence-corrected chi connectivity index (χ3v) is 3.07. The summed E-state index contributed by atoms with van der Waals surface area (Å²) in [6, 6.07) is 0. The van der Waals surface area contributed by atoms with Gasteiger partial charge in [-0.2, -0.15) is 5.10 Å². The molecule has 0 amide bonds. The van der Waals surface area contributed by atoms with Crippen molar-refractivity contribution in [2.75, 3.05) is 13.7 Å². The maximum absolute atomic E-state index is 10.1. The number of aliphatic hydroxyl groups is 1. The van der Waals surface area contributed by atoms with Gasteiger partial charge in [-0.1, -0.05) is 20.8 Å². The molecule has 1 rings (SSSR count). The molecule has 1 atom stereocenters. The average molecular weight is 240 g/mol. The fourth-order valence-corrected chi connectivity index (χ4v) is 2.15. The summed E-state index contributed by atoms with van der Waals surface area (Å²) in [7, 11) is 1.69. The zero-order valence-corrected chi connectivity index (χ0v) is 11.4. The largest absolute Gasteiger partial charge is 0.388 e. The van der Waals surface area contributed by atoms with E-state index >= 15 is 0 Å². The average Bonchev–Trinajstić information content (AvgIpc) is 2.72. The van der Waals surface area contributed by atoms with Gasteiger partial charge in [-0.05, 0) is 19.3 Å². The zero-order valence-electron chi connectivity index (χ0n) is 11.4. The Labute approximate surface area is 104 Å². The van der Waals surface area contributed by atoms with Gasteiger partial charge >= 0.3 is 0 Å². The van der Waals surface area contributed by atoms with E-state index in [9.17, 15) is 5.11 Å². The van der Waals surface area contributed by atoms with Gasteiger partial charge in [0.1, 0.15) is 0 Å². The standard InChI is InChI=1S/C13H24N2O2/c1-5-10-13(12(16)7-3)11(6-2)15(14-10)8-9-17-4/h12,16H,5-9H2,1-4H3. The number of aliphatic hydroxyl groups excluding tert-OH is 1. The second kappa shape index (κ2) is 6.77. The lowest BCUT2D eigenvalue weighted by Crippen LogP contribution is -2.10. The van der Waals surface area contributed by atoms with E-state index in [0.29, 0.717) is 6.61 Å². The summed E-state index contributed by atoms with van der Waals surface area (Å²) in [5.41, 5.74) is 3.20. The molecule has 1 heterocycles. The molecule has 0 bridgehead atoms. The summed E-state index contributed by atoms with van der Waals surface area (Å²) >= 11 is 0. The van der Waals surface area contributed by atoms with Gasteiger partial charge in [-0.3, -0.25) is 4.68 Å². The van der Waals surface area contributed by atoms with Crippen LogP contribution >= 0.6 is 0 Å². The molecule has 4 nitrogen and oxygen atoms in total. The van der Waals surface area contributed by atoms with E-state index < -0.39 is 6.10 Å². The maximum atomic E-state index is 10.1. The van der Waals surface area contributed by atoms with Crippen LogP contribution in [0.25, 0.3) is 0 Å². The van der Waals surface area contributed by atoms with Crippen molar-refractivity contribution in [2.45, 2.75) is 52.7 Å². The molecule has 0 saturated carbocycles. The van der Waals surface area contributed by atoms with E-state index in [1.807, 2.05) is 11.6 Å². The summed E-state index contributed by atoms with van der Waals surface area (Å²) in [6.45, 7) is 7.58. The number of aryl methyl sites for hydroxylation is 1. The molecule has 4 heteroatoms. The molecular formula is C13H24N2O2. The van der Waals surface area contributed by atoms with Gasteiger partial charge in [-0.25, -0.2) is 0 Å². The highest BCUT2D eigenvalue weighted by Crippen LogP contribution is 2.25. The number of hydrogen-bond acceptors (Lipinski definition) is 3. The van der Waals surface area contributed by atoms with Crippen molar-refractivity contribution >= 4 is 0 Å². The molecule has 0 saturated heterocycles. The van der Waals surface area contributed by atoms with Gasteiger partial charge < -0.3 is 9.84 Å². The first kappa shape index (κ1) is 14.2. The third kappa shape index (κ3) is 3.07. The fraction of sp³-hybridized carbons (Fsp3) is 0.769. The van der Waals surface area contributed by atoms with Crippen LogP contribution in [0.4, 0.5) is 0 Å². The molecule has 0 radical (unpaired) electrons. The van der Waals surface area contributed by atoms with Crippen LogP contribution in [-0.2, 0) is 24.1 Å². The molecule has 1 N–H and O–H groups in total. The zero-order chi connectivity index (χ0) is 12.8. The van der Waals surface area contributed by atoms with Crippen molar-refractivity contribution in [3.63, 3.8) is 0 Å². The van der Waals surface area contributed by atoms with E-state index in [1.54, 1.807) is 7.11 Å². The normalized spacial score (nSPS) is 13.0. The van der Waals surface area contributed by atoms with Gasteiger partial charge in [0.2, 0.25) is 0 Å². The van der Waals surface area contributed by atoms with Crippen LogP contribution in [0.2, 0.25) is 0 Å². The van der Waals surface area contributed by atoms with Gasteiger partial charge in [0.15, 0.2) is 0 Å². The summed E-state index contributed by atoms with van der Waals surface area (Å²) in [6.07, 6.45) is 2.09. The summed E-state index contributed by atoms with van der Waals surface area (Å²) in [4.78, 5) is 0. The molecule has 1 aromatic heterocycles. The summed E-state index contributed by atoms with van der Waals surface area (Å²) < 4.78 is 7.07. The first-order valence-corrected chi connectivity index (χ1v) is 6.44. The van der Waals surface area contributed by atoms with Crippen LogP contribution in [0.1, 0.15) is 50.2 Å². The van der Waals surface area contributed by atoms with E-state index in [4.69, 9.17) is 4.74 Å². The molecule has 0 aliphatic heterocycles. The van der Waals surface area contributed by atoms with Crippen LogP contribution in [0, 0.1) is 0 Å². The van der Waals surface area contributed by atoms with Crippen molar-refractivity contribution in [1.29, 1.82) is 0 Å². The number of aromatic nitrogens is 2. The van der Waals surface area contributed by atoms with Crippen LogP contribution in [-0.4, -0.2) is 28.6 Å². The lowest BCUT2D eigenvalue weighted by atomic mass is 10.0. The monoisotopic (exact) mass is 240 g/mol. The minimum atomic E-state index is -0.392. The molecule has 1 unspecified atom stereocenters. The predicted molar refractivity (Wildman–Crippen MR) is 68.1 cm³/mol. The SMILES string of the molecule is CCc1nn(CCOC)c(CC)c1C(O)CC. The number of ether oxygens (including phenoxy) is 1. The maximum Gasteiger partial charge on any atom is 0.0823 e. The van der Waals surface area contributed by atoms with Crippen LogP contribution < -0.4 is 0 Å². The molecule has 0 aliphatic carbocycles. The lowest BCUT2D eigenvalue weighted by Gasteiger charge is -2.11. The summed E-state index contributed by atoms with van der Waals surface area (Å²) in [5.74, 6) is 0. The highest BCUT2D eigenvalue weighted by molar-refractivity contribution is 5.29. The van der Waals surface area contributed by atoms with Gasteiger partial charge in [-0.15, -0.1) is 0 Å². The second-order valence-corrected chi connectivity index (χ2v) is 4.15. The van der Waals surface area contributed by atoms with E-state index in [1.165, 1.54) is 0 Å². The topological polar surface area (TPSA) is 47.3 Å². The minimum Gasteiger partial charge on any atom is -0.388 e. The van der Waals surface area contributed by atoms with Crippen molar-refractivity contribution in [3.05, 3.63) is 17.0 Å². The molecule has 0 fully saturated rings. The van der Waals surface area contributed by atoms with E-state index in [-0.39, 0.29) is 0 Å². The minimum absolute atomic E-state index is 0.392. The van der Waals surface area contributed by atoms with Crippen molar-refractivity contribution in [3.8, 4) is 0 Å². The molecule has 0 spiro atoms. The fourth-order valence-electron chi connectivity index (χ4n) is 2.15.